The van der Waals surface area contributed by atoms with Gasteiger partial charge in [0.25, 0.3) is 0 Å². The number of pyridine rings is 1. The number of benzene rings is 2. The highest BCUT2D eigenvalue weighted by Crippen LogP contribution is 2.29. The van der Waals surface area contributed by atoms with Crippen molar-refractivity contribution in [1.29, 1.82) is 0 Å². The smallest absolute Gasteiger partial charge is 0.153 e. The summed E-state index contributed by atoms with van der Waals surface area (Å²) >= 11 is 0. The molecule has 2 aromatic heterocycles. The van der Waals surface area contributed by atoms with Gasteiger partial charge in [0.15, 0.2) is 6.29 Å². The third kappa shape index (κ3) is 4.29. The molecule has 0 amide bonds. The Balaban J connectivity index is 0.000000178. The Kier molecular flexibility index (Phi) is 5.91. The van der Waals surface area contributed by atoms with Crippen molar-refractivity contribution < 1.29 is 23.8 Å². The van der Waals surface area contributed by atoms with E-state index in [1.54, 1.807) is 25.6 Å². The molecule has 0 saturated heterocycles. The molecule has 0 bridgehead atoms. The third-order valence-electron chi connectivity index (χ3n) is 4.06. The standard InChI is InChI=1S/C14H11NO2.C8H8O3/c1-16-12-3-2-11-8-13(17-14(11)9-12)10-4-6-15-7-5-10;1-11-7-3-2-6(5-9)8(10)4-7/h2-9H,1H3;2-5,10H,1H3. The van der Waals surface area contributed by atoms with Crippen molar-refractivity contribution in [3.63, 3.8) is 0 Å². The number of methoxy groups -OCH3 is 2. The van der Waals surface area contributed by atoms with Crippen LogP contribution in [0.1, 0.15) is 10.4 Å². The first-order valence-electron chi connectivity index (χ1n) is 8.44. The second-order valence-electron chi connectivity index (χ2n) is 5.79. The highest BCUT2D eigenvalue weighted by molar-refractivity contribution is 5.83. The van der Waals surface area contributed by atoms with Gasteiger partial charge in [-0.1, -0.05) is 0 Å². The van der Waals surface area contributed by atoms with Crippen molar-refractivity contribution in [3.05, 3.63) is 72.6 Å². The second-order valence-corrected chi connectivity index (χ2v) is 5.79. The number of nitrogens with zero attached hydrogens (tertiary/aromatic N) is 1. The van der Waals surface area contributed by atoms with Gasteiger partial charge in [0.1, 0.15) is 28.6 Å². The molecule has 2 heterocycles. The average molecular weight is 377 g/mol. The van der Waals surface area contributed by atoms with Crippen LogP contribution in [0.25, 0.3) is 22.3 Å². The van der Waals surface area contributed by atoms with Crippen LogP contribution in [0.15, 0.2) is 71.4 Å². The number of carbonyl (C=O) groups excluding carboxylic acids is 1. The first-order chi connectivity index (χ1) is 13.6. The molecule has 0 radical (unpaired) electrons. The number of fused-ring (bicyclic) bond motifs is 1. The summed E-state index contributed by atoms with van der Waals surface area (Å²) in [4.78, 5) is 14.2. The fraction of sp³-hybridized carbons (Fsp3) is 0.0909. The second kappa shape index (κ2) is 8.73. The molecule has 0 atom stereocenters. The Morgan fingerprint density at radius 1 is 0.929 bits per heavy atom. The summed E-state index contributed by atoms with van der Waals surface area (Å²) in [5.41, 5.74) is 2.12. The molecule has 0 aliphatic rings. The van der Waals surface area contributed by atoms with Crippen LogP contribution >= 0.6 is 0 Å². The SMILES string of the molecule is COc1ccc(C=O)c(O)c1.COc1ccc2cc(-c3ccncc3)oc2c1. The molecule has 6 nitrogen and oxygen atoms in total. The minimum atomic E-state index is -0.0562. The molecule has 6 heteroatoms. The van der Waals surface area contributed by atoms with Crippen LogP contribution in [0.5, 0.6) is 17.2 Å². The van der Waals surface area contributed by atoms with Crippen LogP contribution in [0, 0.1) is 0 Å². The fourth-order valence-electron chi connectivity index (χ4n) is 2.55. The maximum Gasteiger partial charge on any atom is 0.153 e. The molecule has 0 fully saturated rings. The highest BCUT2D eigenvalue weighted by Gasteiger charge is 2.06. The number of rotatable bonds is 4. The number of ether oxygens (including phenoxy) is 2. The lowest BCUT2D eigenvalue weighted by Crippen LogP contribution is -1.85. The summed E-state index contributed by atoms with van der Waals surface area (Å²) in [6, 6.07) is 16.2. The van der Waals surface area contributed by atoms with E-state index in [0.29, 0.717) is 12.0 Å². The molecular weight excluding hydrogens is 358 g/mol. The number of carbonyl (C=O) groups is 1. The van der Waals surface area contributed by atoms with Gasteiger partial charge in [-0.2, -0.15) is 0 Å². The van der Waals surface area contributed by atoms with E-state index in [4.69, 9.17) is 19.0 Å². The molecule has 142 valence electrons. The summed E-state index contributed by atoms with van der Waals surface area (Å²) in [5, 5.41) is 10.2. The molecule has 0 spiro atoms. The van der Waals surface area contributed by atoms with E-state index in [1.165, 1.54) is 19.2 Å². The quantitative estimate of drug-likeness (QED) is 0.519. The lowest BCUT2D eigenvalue weighted by molar-refractivity contribution is 0.112. The molecule has 0 saturated carbocycles. The first kappa shape index (κ1) is 19.0. The minimum Gasteiger partial charge on any atom is -0.507 e. The maximum atomic E-state index is 10.2. The van der Waals surface area contributed by atoms with Crippen LogP contribution in [0.2, 0.25) is 0 Å². The number of aromatic hydroxyl groups is 1. The van der Waals surface area contributed by atoms with E-state index in [2.05, 4.69) is 4.98 Å². The van der Waals surface area contributed by atoms with Gasteiger partial charge in [-0.15, -0.1) is 0 Å². The number of phenolic OH excluding ortho intramolecular Hbond substituents is 1. The maximum absolute atomic E-state index is 10.2. The van der Waals surface area contributed by atoms with Crippen LogP contribution < -0.4 is 9.47 Å². The molecule has 0 aliphatic carbocycles. The first-order valence-corrected chi connectivity index (χ1v) is 8.44. The van der Waals surface area contributed by atoms with E-state index >= 15 is 0 Å². The van der Waals surface area contributed by atoms with Gasteiger partial charge in [-0.3, -0.25) is 9.78 Å². The van der Waals surface area contributed by atoms with Crippen molar-refractivity contribution in [2.24, 2.45) is 0 Å². The number of furan rings is 1. The van der Waals surface area contributed by atoms with Crippen molar-refractivity contribution in [2.75, 3.05) is 14.2 Å². The van der Waals surface area contributed by atoms with E-state index in [0.717, 1.165) is 28.0 Å². The van der Waals surface area contributed by atoms with Crippen molar-refractivity contribution >= 4 is 17.3 Å². The zero-order valence-corrected chi connectivity index (χ0v) is 15.5. The van der Waals surface area contributed by atoms with Crippen LogP contribution in [0.4, 0.5) is 0 Å². The average Bonchev–Trinajstić information content (AvgIpc) is 3.18. The van der Waals surface area contributed by atoms with E-state index in [9.17, 15) is 4.79 Å². The van der Waals surface area contributed by atoms with E-state index < -0.39 is 0 Å². The van der Waals surface area contributed by atoms with Gasteiger partial charge in [-0.25, -0.2) is 0 Å². The van der Waals surface area contributed by atoms with Crippen molar-refractivity contribution in [2.45, 2.75) is 0 Å². The Morgan fingerprint density at radius 3 is 2.25 bits per heavy atom. The number of aldehydes is 1. The Bertz CT molecular complexity index is 1070. The summed E-state index contributed by atoms with van der Waals surface area (Å²) in [6.07, 6.45) is 4.10. The molecule has 28 heavy (non-hydrogen) atoms. The molecule has 0 aliphatic heterocycles. The van der Waals surface area contributed by atoms with Crippen LogP contribution in [0.3, 0.4) is 0 Å². The van der Waals surface area contributed by atoms with Crippen molar-refractivity contribution in [3.8, 4) is 28.6 Å². The topological polar surface area (TPSA) is 81.8 Å². The van der Waals surface area contributed by atoms with Gasteiger partial charge < -0.3 is 19.0 Å². The van der Waals surface area contributed by atoms with Gasteiger partial charge in [0.05, 0.1) is 19.8 Å². The Labute approximate surface area is 162 Å². The summed E-state index contributed by atoms with van der Waals surface area (Å²) in [7, 11) is 3.14. The predicted molar refractivity (Wildman–Crippen MR) is 106 cm³/mol. The lowest BCUT2D eigenvalue weighted by atomic mass is 10.2. The molecule has 1 N–H and O–H groups in total. The largest absolute Gasteiger partial charge is 0.507 e. The fourth-order valence-corrected chi connectivity index (χ4v) is 2.55. The summed E-state index contributed by atoms with van der Waals surface area (Å²) < 4.78 is 15.8. The molecular formula is C22H19NO5. The Morgan fingerprint density at radius 2 is 1.61 bits per heavy atom. The van der Waals surface area contributed by atoms with Gasteiger partial charge in [0, 0.05) is 35.5 Å². The van der Waals surface area contributed by atoms with Gasteiger partial charge in [0.2, 0.25) is 0 Å². The minimum absolute atomic E-state index is 0.0562. The van der Waals surface area contributed by atoms with Gasteiger partial charge >= 0.3 is 0 Å². The van der Waals surface area contributed by atoms with E-state index in [-0.39, 0.29) is 11.3 Å². The van der Waals surface area contributed by atoms with Gasteiger partial charge in [-0.05, 0) is 42.5 Å². The third-order valence-corrected chi connectivity index (χ3v) is 4.06. The zero-order chi connectivity index (χ0) is 19.9. The number of hydrogen-bond acceptors (Lipinski definition) is 6. The zero-order valence-electron chi connectivity index (χ0n) is 15.5. The van der Waals surface area contributed by atoms with E-state index in [1.807, 2.05) is 36.4 Å². The summed E-state index contributed by atoms with van der Waals surface area (Å²) in [6.45, 7) is 0. The Hall–Kier alpha value is -3.80. The number of aromatic nitrogens is 1. The molecule has 4 rings (SSSR count). The molecule has 2 aromatic carbocycles. The van der Waals surface area contributed by atoms with Crippen LogP contribution in [-0.2, 0) is 0 Å². The lowest BCUT2D eigenvalue weighted by Gasteiger charge is -2.00. The summed E-state index contributed by atoms with van der Waals surface area (Å²) in [5.74, 6) is 2.12. The van der Waals surface area contributed by atoms with Crippen molar-refractivity contribution in [1.82, 2.24) is 4.98 Å². The van der Waals surface area contributed by atoms with Crippen LogP contribution in [-0.4, -0.2) is 30.6 Å². The number of phenols is 1. The molecule has 0 unspecified atom stereocenters. The molecule has 4 aromatic rings. The normalized spacial score (nSPS) is 10.1. The number of hydrogen-bond donors (Lipinski definition) is 1. The highest BCUT2D eigenvalue weighted by atomic mass is 16.5. The predicted octanol–water partition coefficient (Wildman–Crippen LogP) is 4.72. The monoisotopic (exact) mass is 377 g/mol.